The molecule has 0 radical (unpaired) electrons. The Kier molecular flexibility index (Phi) is 55.6. The summed E-state index contributed by atoms with van der Waals surface area (Å²) in [6.07, 6.45) is 11.1. The normalized spacial score (nSPS) is 13.0. The topological polar surface area (TPSA) is 208 Å². The maximum Gasteiger partial charge on any atom is 1.00 e. The fourth-order valence-corrected chi connectivity index (χ4v) is 5.20. The molecule has 1 fully saturated rings. The molecule has 1 rings (SSSR count). The van der Waals surface area contributed by atoms with E-state index in [0.717, 1.165) is 42.9 Å². The molecule has 0 bridgehead atoms. The molecule has 55 heavy (non-hydrogen) atoms. The van der Waals surface area contributed by atoms with Crippen molar-refractivity contribution in [2.45, 2.75) is 142 Å². The number of halogens is 3. The molecule has 0 aromatic heterocycles. The van der Waals surface area contributed by atoms with E-state index in [0.29, 0.717) is 19.4 Å². The molecule has 2 atom stereocenters. The molecule has 0 spiro atoms. The van der Waals surface area contributed by atoms with Crippen LogP contribution in [0.25, 0.3) is 0 Å². The van der Waals surface area contributed by atoms with Crippen molar-refractivity contribution < 1.29 is 157 Å². The van der Waals surface area contributed by atoms with E-state index in [1.54, 1.807) is 41.5 Å². The van der Waals surface area contributed by atoms with E-state index >= 15 is 0 Å². The number of ether oxygens (including phenoxy) is 4. The van der Waals surface area contributed by atoms with Gasteiger partial charge in [0.1, 0.15) is 23.3 Å². The van der Waals surface area contributed by atoms with E-state index < -0.39 is 47.4 Å². The van der Waals surface area contributed by atoms with Crippen LogP contribution in [0, 0.1) is 0 Å². The standard InChI is InChI=1S/C17H32N2O4.C12H24N2O4.C5H10Br2.CH2O3.ClH.2K.H/c1-17(2,3)23-16(21)18-14(15(20)22-4)10-6-9-13-19-11-7-5-8-12-19;1-12(2,3)18-11(16)14-9(10(15)17-4)7-5-6-8-13;6-4-2-1-3-5-7;2-1-4-3;;;;/h14H,5-13H2,1-4H3,(H,18,21);9H,5-8,13H2,1-4H3,(H,14,16);1-5H2;1,3H;1H;;;/q;;;;;2*+1;-1/p-1/t14-;9-;;;;;;/m11....../s1. The van der Waals surface area contributed by atoms with Crippen LogP contribution in [-0.4, -0.2) is 110 Å². The molecular weight excluding hydrogens is 926 g/mol. The summed E-state index contributed by atoms with van der Waals surface area (Å²) in [6, 6.07) is -1.33. The van der Waals surface area contributed by atoms with Crippen molar-refractivity contribution in [1.82, 2.24) is 15.5 Å². The second kappa shape index (κ2) is 44.9. The predicted octanol–water partition coefficient (Wildman–Crippen LogP) is -0.186. The SMILES string of the molecule is BrCCCCCBr.COC(=O)[C@@H](CCCCN)NC(=O)OC(C)(C)C.COC(=O)[C@@H](CCCCN1CCCCC1)NC(=O)OC(C)(C)C.Cl.O=CO[O-].[H-].[K+].[K+]. The van der Waals surface area contributed by atoms with Crippen LogP contribution in [0.4, 0.5) is 9.59 Å². The van der Waals surface area contributed by atoms with Gasteiger partial charge < -0.3 is 51.8 Å². The number of alkyl halides is 2. The smallest absolute Gasteiger partial charge is 1.00 e. The summed E-state index contributed by atoms with van der Waals surface area (Å²) in [5, 5.41) is 15.9. The fraction of sp³-hybridized carbons (Fsp3) is 0.857. The van der Waals surface area contributed by atoms with E-state index in [1.807, 2.05) is 0 Å². The maximum absolute atomic E-state index is 11.8. The Bertz CT molecular complexity index is 952. The van der Waals surface area contributed by atoms with Gasteiger partial charge in [0.15, 0.2) is 0 Å². The van der Waals surface area contributed by atoms with Crippen molar-refractivity contribution in [1.29, 1.82) is 0 Å². The Hall–Kier alpha value is 1.35. The number of nitrogens with zero attached hydrogens (tertiary/aromatic N) is 1. The Morgan fingerprint density at radius 2 is 1.13 bits per heavy atom. The number of piperidine rings is 1. The fourth-order valence-electron chi connectivity index (χ4n) is 4.41. The number of methoxy groups -OCH3 is 2. The first-order valence-corrected chi connectivity index (χ1v) is 20.1. The van der Waals surface area contributed by atoms with Crippen LogP contribution in [0.1, 0.15) is 120 Å². The van der Waals surface area contributed by atoms with Gasteiger partial charge in [-0.15, -0.1) is 12.4 Å². The van der Waals surface area contributed by atoms with Gasteiger partial charge in [0.05, 0.1) is 14.2 Å². The number of alkyl carbamates (subject to hydrolysis) is 2. The first kappa shape index (κ1) is 68.1. The number of rotatable bonds is 18. The first-order valence-electron chi connectivity index (χ1n) is 17.9. The van der Waals surface area contributed by atoms with Crippen LogP contribution >= 0.6 is 44.3 Å². The first-order chi connectivity index (χ1) is 24.4. The van der Waals surface area contributed by atoms with Gasteiger partial charge in [-0.1, -0.05) is 44.7 Å². The number of hydrogen-bond donors (Lipinski definition) is 3. The minimum Gasteiger partial charge on any atom is -1.00 e. The maximum atomic E-state index is 11.8. The van der Waals surface area contributed by atoms with Crippen molar-refractivity contribution in [3.8, 4) is 0 Å². The number of nitrogens with one attached hydrogen (secondary N) is 2. The number of likely N-dealkylation sites (tertiary alicyclic amines) is 1. The van der Waals surface area contributed by atoms with E-state index in [-0.39, 0.29) is 123 Å². The third kappa shape index (κ3) is 49.6. The molecule has 1 aliphatic heterocycles. The van der Waals surface area contributed by atoms with Crippen LogP contribution in [0.3, 0.4) is 0 Å². The summed E-state index contributed by atoms with van der Waals surface area (Å²) in [6.45, 7) is 14.4. The number of unbranched alkanes of at least 4 members (excludes halogenated alkanes) is 4. The molecule has 4 N–H and O–H groups in total. The number of esters is 2. The van der Waals surface area contributed by atoms with Gasteiger partial charge in [-0.05, 0) is 132 Å². The molecule has 1 heterocycles. The van der Waals surface area contributed by atoms with Gasteiger partial charge in [0.2, 0.25) is 0 Å². The summed E-state index contributed by atoms with van der Waals surface area (Å²) in [5.74, 6) is -0.897. The number of hydrogen-bond acceptors (Lipinski definition) is 13. The van der Waals surface area contributed by atoms with Gasteiger partial charge >= 0.3 is 127 Å². The van der Waals surface area contributed by atoms with Crippen molar-refractivity contribution in [3.05, 3.63) is 0 Å². The number of amides is 2. The number of nitrogens with two attached hydrogens (primary N) is 1. The van der Waals surface area contributed by atoms with Crippen LogP contribution in [0.15, 0.2) is 0 Å². The molecule has 1 saturated heterocycles. The quantitative estimate of drug-likeness (QED) is 0.0239. The summed E-state index contributed by atoms with van der Waals surface area (Å²) in [7, 11) is 2.62. The van der Waals surface area contributed by atoms with E-state index in [1.165, 1.54) is 65.8 Å². The summed E-state index contributed by atoms with van der Waals surface area (Å²) < 4.78 is 19.7. The van der Waals surface area contributed by atoms with Gasteiger partial charge in [-0.25, -0.2) is 19.2 Å². The largest absolute Gasteiger partial charge is 1.00 e. The van der Waals surface area contributed by atoms with Crippen LogP contribution in [0.5, 0.6) is 0 Å². The molecule has 0 aromatic rings. The van der Waals surface area contributed by atoms with E-state index in [4.69, 9.17) is 30.0 Å². The molecule has 20 heteroatoms. The third-order valence-corrected chi connectivity index (χ3v) is 7.89. The Labute approximate surface area is 440 Å². The zero-order valence-corrected chi connectivity index (χ0v) is 45.4. The molecule has 1 aliphatic rings. The average molecular weight is 995 g/mol. The monoisotopic (exact) mass is 992 g/mol. The summed E-state index contributed by atoms with van der Waals surface area (Å²) in [5.41, 5.74) is 4.20. The molecule has 0 saturated carbocycles. The second-order valence-corrected chi connectivity index (χ2v) is 15.3. The van der Waals surface area contributed by atoms with Crippen molar-refractivity contribution in [2.24, 2.45) is 5.73 Å². The van der Waals surface area contributed by atoms with Crippen LogP contribution < -0.4 is 124 Å². The Morgan fingerprint density at radius 1 is 0.745 bits per heavy atom. The molecule has 318 valence electrons. The van der Waals surface area contributed by atoms with Gasteiger partial charge in [-0.3, -0.25) is 4.79 Å². The Balaban J connectivity index is -0.000000130. The summed E-state index contributed by atoms with van der Waals surface area (Å²) in [4.78, 5) is 60.4. The Morgan fingerprint density at radius 3 is 1.44 bits per heavy atom. The van der Waals surface area contributed by atoms with Crippen molar-refractivity contribution in [2.75, 3.05) is 51.1 Å². The van der Waals surface area contributed by atoms with Crippen LogP contribution in [0.2, 0.25) is 0 Å². The average Bonchev–Trinajstić information content (AvgIpc) is 3.08. The minimum absolute atomic E-state index is 0. The third-order valence-electron chi connectivity index (χ3n) is 6.77. The van der Waals surface area contributed by atoms with Gasteiger partial charge in [0, 0.05) is 10.7 Å². The van der Waals surface area contributed by atoms with Gasteiger partial charge in [0.25, 0.3) is 6.47 Å². The second-order valence-electron chi connectivity index (χ2n) is 13.8. The molecule has 15 nitrogen and oxygen atoms in total. The molecule has 0 unspecified atom stereocenters. The zero-order chi connectivity index (χ0) is 40.4. The van der Waals surface area contributed by atoms with E-state index in [9.17, 15) is 19.2 Å². The molecule has 2 amide bonds. The summed E-state index contributed by atoms with van der Waals surface area (Å²) >= 11 is 6.73. The number of carbonyl (C=O) groups is 5. The van der Waals surface area contributed by atoms with Crippen molar-refractivity contribution in [3.63, 3.8) is 0 Å². The number of carbonyl (C=O) groups excluding carboxylic acids is 5. The van der Waals surface area contributed by atoms with Crippen LogP contribution in [-0.2, 0) is 38.2 Å². The van der Waals surface area contributed by atoms with Crippen molar-refractivity contribution >= 4 is 74.9 Å². The van der Waals surface area contributed by atoms with E-state index in [2.05, 4.69) is 57.0 Å². The molecule has 0 aromatic carbocycles. The molecule has 0 aliphatic carbocycles. The zero-order valence-electron chi connectivity index (χ0n) is 36.1. The van der Waals surface area contributed by atoms with Gasteiger partial charge in [-0.2, -0.15) is 0 Å². The predicted molar refractivity (Wildman–Crippen MR) is 214 cm³/mol. The molecular formula is C35H69Br2ClK2N4O11. The minimum atomic E-state index is -0.684.